The normalized spacial score (nSPS) is 28.0. The number of unbranched alkanes of at least 4 members (excludes halogenated alkanes) is 1. The summed E-state index contributed by atoms with van der Waals surface area (Å²) in [5, 5.41) is 0. The van der Waals surface area contributed by atoms with Gasteiger partial charge in [0.2, 0.25) is 0 Å². The fraction of sp³-hybridized carbons (Fsp3) is 0.636. The molecule has 62 valence electrons. The average molecular weight is 150 g/mol. The summed E-state index contributed by atoms with van der Waals surface area (Å²) in [7, 11) is 0. The Balaban J connectivity index is 1.95. The van der Waals surface area contributed by atoms with Crippen molar-refractivity contribution in [2.75, 3.05) is 0 Å². The van der Waals surface area contributed by atoms with E-state index in [-0.39, 0.29) is 0 Å². The lowest BCUT2D eigenvalue weighted by Crippen LogP contribution is -1.81. The van der Waals surface area contributed by atoms with Crippen molar-refractivity contribution in [3.05, 3.63) is 25.3 Å². The third kappa shape index (κ3) is 2.92. The molecule has 0 radical (unpaired) electrons. The van der Waals surface area contributed by atoms with Gasteiger partial charge in [0.15, 0.2) is 0 Å². The molecule has 0 N–H and O–H groups in total. The lowest BCUT2D eigenvalue weighted by Gasteiger charge is -1.94. The minimum absolute atomic E-state index is 0.984. The highest BCUT2D eigenvalue weighted by atomic mass is 14.4. The van der Waals surface area contributed by atoms with E-state index in [0.29, 0.717) is 0 Å². The molecular formula is C11H18. The van der Waals surface area contributed by atoms with Crippen LogP contribution in [0.25, 0.3) is 0 Å². The fourth-order valence-electron chi connectivity index (χ4n) is 1.69. The first-order valence-corrected chi connectivity index (χ1v) is 4.60. The zero-order valence-electron chi connectivity index (χ0n) is 7.26. The Morgan fingerprint density at radius 2 is 2.00 bits per heavy atom. The van der Waals surface area contributed by atoms with Gasteiger partial charge >= 0.3 is 0 Å². The highest BCUT2D eigenvalue weighted by molar-refractivity contribution is 4.90. The molecular weight excluding hydrogens is 132 g/mol. The second-order valence-corrected chi connectivity index (χ2v) is 3.50. The molecule has 0 saturated heterocycles. The van der Waals surface area contributed by atoms with Gasteiger partial charge in [-0.25, -0.2) is 0 Å². The summed E-state index contributed by atoms with van der Waals surface area (Å²) in [6.07, 6.45) is 10.7. The Hall–Kier alpha value is -0.520. The van der Waals surface area contributed by atoms with Crippen molar-refractivity contribution in [2.45, 2.75) is 32.1 Å². The molecule has 1 fully saturated rings. The molecule has 0 heterocycles. The van der Waals surface area contributed by atoms with Crippen LogP contribution < -0.4 is 0 Å². The highest BCUT2D eigenvalue weighted by Gasteiger charge is 2.34. The van der Waals surface area contributed by atoms with Crippen LogP contribution in [-0.4, -0.2) is 0 Å². The maximum absolute atomic E-state index is 3.76. The van der Waals surface area contributed by atoms with E-state index in [9.17, 15) is 0 Å². The van der Waals surface area contributed by atoms with Crippen LogP contribution >= 0.6 is 0 Å². The SMILES string of the molecule is C=CCCCC1CC1CC=C. The van der Waals surface area contributed by atoms with Crippen LogP contribution in [0.4, 0.5) is 0 Å². The molecule has 1 saturated carbocycles. The van der Waals surface area contributed by atoms with Gasteiger partial charge in [-0.2, -0.15) is 0 Å². The Labute approximate surface area is 70.0 Å². The lowest BCUT2D eigenvalue weighted by atomic mass is 10.1. The summed E-state index contributed by atoms with van der Waals surface area (Å²) in [5.74, 6) is 2.00. The molecule has 0 aromatic rings. The van der Waals surface area contributed by atoms with Gasteiger partial charge in [0, 0.05) is 0 Å². The second kappa shape index (κ2) is 4.38. The van der Waals surface area contributed by atoms with Crippen molar-refractivity contribution < 1.29 is 0 Å². The van der Waals surface area contributed by atoms with Gasteiger partial charge < -0.3 is 0 Å². The maximum Gasteiger partial charge on any atom is -0.0322 e. The quantitative estimate of drug-likeness (QED) is 0.401. The lowest BCUT2D eigenvalue weighted by molar-refractivity contribution is 0.618. The largest absolute Gasteiger partial charge is 0.103 e. The van der Waals surface area contributed by atoms with Gasteiger partial charge in [0.25, 0.3) is 0 Å². The average Bonchev–Trinajstić information content (AvgIpc) is 2.70. The van der Waals surface area contributed by atoms with Crippen molar-refractivity contribution in [1.82, 2.24) is 0 Å². The molecule has 0 aliphatic heterocycles. The van der Waals surface area contributed by atoms with Gasteiger partial charge in [-0.1, -0.05) is 12.2 Å². The summed E-state index contributed by atoms with van der Waals surface area (Å²) in [4.78, 5) is 0. The molecule has 0 heteroatoms. The highest BCUT2D eigenvalue weighted by Crippen LogP contribution is 2.44. The van der Waals surface area contributed by atoms with E-state index < -0.39 is 0 Å². The first-order chi connectivity index (χ1) is 5.38. The molecule has 1 aliphatic rings. The van der Waals surface area contributed by atoms with Crippen molar-refractivity contribution in [2.24, 2.45) is 11.8 Å². The fourth-order valence-corrected chi connectivity index (χ4v) is 1.69. The molecule has 2 unspecified atom stereocenters. The summed E-state index contributed by atoms with van der Waals surface area (Å²) in [6, 6.07) is 0. The van der Waals surface area contributed by atoms with E-state index in [2.05, 4.69) is 19.2 Å². The van der Waals surface area contributed by atoms with E-state index in [1.165, 1.54) is 32.1 Å². The number of allylic oxidation sites excluding steroid dienone is 2. The van der Waals surface area contributed by atoms with Gasteiger partial charge in [-0.3, -0.25) is 0 Å². The van der Waals surface area contributed by atoms with Gasteiger partial charge in [0.1, 0.15) is 0 Å². The molecule has 0 bridgehead atoms. The van der Waals surface area contributed by atoms with Crippen molar-refractivity contribution >= 4 is 0 Å². The Morgan fingerprint density at radius 3 is 2.64 bits per heavy atom. The van der Waals surface area contributed by atoms with Gasteiger partial charge in [-0.15, -0.1) is 13.2 Å². The first-order valence-electron chi connectivity index (χ1n) is 4.60. The molecule has 0 aromatic carbocycles. The topological polar surface area (TPSA) is 0 Å². The van der Waals surface area contributed by atoms with Crippen LogP contribution in [0, 0.1) is 11.8 Å². The summed E-state index contributed by atoms with van der Waals surface area (Å²) >= 11 is 0. The summed E-state index contributed by atoms with van der Waals surface area (Å²) < 4.78 is 0. The van der Waals surface area contributed by atoms with Crippen molar-refractivity contribution in [3.8, 4) is 0 Å². The molecule has 2 atom stereocenters. The van der Waals surface area contributed by atoms with E-state index in [0.717, 1.165) is 11.8 Å². The third-order valence-electron chi connectivity index (χ3n) is 2.52. The smallest absolute Gasteiger partial charge is 0.0322 e. The predicted molar refractivity (Wildman–Crippen MR) is 50.5 cm³/mol. The number of rotatable bonds is 6. The number of hydrogen-bond acceptors (Lipinski definition) is 0. The van der Waals surface area contributed by atoms with E-state index in [4.69, 9.17) is 0 Å². The van der Waals surface area contributed by atoms with Crippen LogP contribution in [0.2, 0.25) is 0 Å². The number of hydrogen-bond donors (Lipinski definition) is 0. The zero-order valence-corrected chi connectivity index (χ0v) is 7.26. The predicted octanol–water partition coefficient (Wildman–Crippen LogP) is 3.55. The second-order valence-electron chi connectivity index (χ2n) is 3.50. The molecule has 1 rings (SSSR count). The molecule has 0 aromatic heterocycles. The third-order valence-corrected chi connectivity index (χ3v) is 2.52. The molecule has 0 spiro atoms. The van der Waals surface area contributed by atoms with E-state index >= 15 is 0 Å². The van der Waals surface area contributed by atoms with Crippen LogP contribution in [0.15, 0.2) is 25.3 Å². The molecule has 0 nitrogen and oxygen atoms in total. The molecule has 0 amide bonds. The van der Waals surface area contributed by atoms with Crippen molar-refractivity contribution in [3.63, 3.8) is 0 Å². The zero-order chi connectivity index (χ0) is 8.10. The Kier molecular flexibility index (Phi) is 3.41. The van der Waals surface area contributed by atoms with Crippen LogP contribution in [-0.2, 0) is 0 Å². The molecule has 11 heavy (non-hydrogen) atoms. The monoisotopic (exact) mass is 150 g/mol. The standard InChI is InChI=1S/C11H18/c1-3-5-6-8-11-9-10(11)7-4-2/h3-4,10-11H,1-2,5-9H2. The van der Waals surface area contributed by atoms with Crippen LogP contribution in [0.3, 0.4) is 0 Å². The van der Waals surface area contributed by atoms with E-state index in [1.807, 2.05) is 6.08 Å². The van der Waals surface area contributed by atoms with Crippen LogP contribution in [0.1, 0.15) is 32.1 Å². The molecule has 1 aliphatic carbocycles. The van der Waals surface area contributed by atoms with Crippen molar-refractivity contribution in [1.29, 1.82) is 0 Å². The maximum atomic E-state index is 3.76. The van der Waals surface area contributed by atoms with Crippen LogP contribution in [0.5, 0.6) is 0 Å². The first kappa shape index (κ1) is 8.58. The minimum Gasteiger partial charge on any atom is -0.103 e. The summed E-state index contributed by atoms with van der Waals surface area (Å²) in [5.41, 5.74) is 0. The Bertz CT molecular complexity index is 135. The van der Waals surface area contributed by atoms with Gasteiger partial charge in [-0.05, 0) is 43.9 Å². The van der Waals surface area contributed by atoms with Gasteiger partial charge in [0.05, 0.1) is 0 Å². The Morgan fingerprint density at radius 1 is 1.18 bits per heavy atom. The summed E-state index contributed by atoms with van der Waals surface area (Å²) in [6.45, 7) is 7.47. The minimum atomic E-state index is 0.984. The van der Waals surface area contributed by atoms with E-state index in [1.54, 1.807) is 0 Å².